The predicted molar refractivity (Wildman–Crippen MR) is 52.0 cm³/mol. The molecule has 0 rings (SSSR count). The smallest absolute Gasteiger partial charge is 0.266 e. The topological polar surface area (TPSA) is 95.5 Å². The van der Waals surface area contributed by atoms with E-state index >= 15 is 0 Å². The zero-order valence-electron chi connectivity index (χ0n) is 8.07. The molecule has 0 aliphatic rings. The summed E-state index contributed by atoms with van der Waals surface area (Å²) in [5, 5.41) is 0. The van der Waals surface area contributed by atoms with Crippen LogP contribution in [-0.2, 0) is 14.9 Å². The van der Waals surface area contributed by atoms with Crippen LogP contribution in [0.2, 0.25) is 0 Å². The van der Waals surface area contributed by atoms with Crippen molar-refractivity contribution in [3.8, 4) is 0 Å². The van der Waals surface area contributed by atoms with Crippen LogP contribution in [0.15, 0.2) is 12.7 Å². The van der Waals surface area contributed by atoms with E-state index in [9.17, 15) is 13.2 Å². The molecule has 0 aliphatic heterocycles. The highest BCUT2D eigenvalue weighted by Crippen LogP contribution is 2.03. The molecule has 0 fully saturated rings. The molecule has 0 spiro atoms. The quantitative estimate of drug-likeness (QED) is 0.330. The van der Waals surface area contributed by atoms with Crippen LogP contribution < -0.4 is 10.9 Å². The molecular weight excluding hydrogens is 208 g/mol. The summed E-state index contributed by atoms with van der Waals surface area (Å²) in [4.78, 5) is 10.7. The lowest BCUT2D eigenvalue weighted by atomic mass is 10.1. The maximum Gasteiger partial charge on any atom is 0.266 e. The SMILES string of the molecule is C=CC(=O)NNC(C)(C)CS(=O)(=O)O. The highest BCUT2D eigenvalue weighted by atomic mass is 32.2. The number of carbonyl (C=O) groups excluding carboxylic acids is 1. The maximum absolute atomic E-state index is 10.7. The second-order valence-electron chi connectivity index (χ2n) is 3.43. The first-order valence-electron chi connectivity index (χ1n) is 3.81. The van der Waals surface area contributed by atoms with E-state index in [-0.39, 0.29) is 0 Å². The lowest BCUT2D eigenvalue weighted by Crippen LogP contribution is -2.53. The van der Waals surface area contributed by atoms with E-state index in [1.54, 1.807) is 0 Å². The second-order valence-corrected chi connectivity index (χ2v) is 4.88. The van der Waals surface area contributed by atoms with E-state index < -0.39 is 27.3 Å². The van der Waals surface area contributed by atoms with Crippen LogP contribution in [-0.4, -0.2) is 30.2 Å². The summed E-state index contributed by atoms with van der Waals surface area (Å²) in [6, 6.07) is 0. The third-order valence-electron chi connectivity index (χ3n) is 1.25. The Kier molecular flexibility index (Phi) is 4.24. The molecule has 0 aliphatic carbocycles. The van der Waals surface area contributed by atoms with Gasteiger partial charge < -0.3 is 0 Å². The number of rotatable bonds is 5. The molecule has 0 aromatic heterocycles. The molecule has 6 nitrogen and oxygen atoms in total. The van der Waals surface area contributed by atoms with Crippen LogP contribution in [0.5, 0.6) is 0 Å². The van der Waals surface area contributed by atoms with Crippen LogP contribution in [0.3, 0.4) is 0 Å². The zero-order chi connectivity index (χ0) is 11.4. The van der Waals surface area contributed by atoms with Crippen LogP contribution >= 0.6 is 0 Å². The highest BCUT2D eigenvalue weighted by Gasteiger charge is 2.24. The van der Waals surface area contributed by atoms with Gasteiger partial charge in [-0.05, 0) is 19.9 Å². The summed E-state index contributed by atoms with van der Waals surface area (Å²) < 4.78 is 29.7. The van der Waals surface area contributed by atoms with Gasteiger partial charge in [0, 0.05) is 5.54 Å². The summed E-state index contributed by atoms with van der Waals surface area (Å²) in [6.45, 7) is 6.25. The van der Waals surface area contributed by atoms with Crippen LogP contribution in [0.25, 0.3) is 0 Å². The molecule has 1 amide bonds. The van der Waals surface area contributed by atoms with Crippen molar-refractivity contribution < 1.29 is 17.8 Å². The van der Waals surface area contributed by atoms with E-state index in [1.807, 2.05) is 0 Å². The number of hydrogen-bond acceptors (Lipinski definition) is 4. The maximum atomic E-state index is 10.7. The van der Waals surface area contributed by atoms with Crippen LogP contribution in [0.4, 0.5) is 0 Å². The lowest BCUT2D eigenvalue weighted by Gasteiger charge is -2.24. The van der Waals surface area contributed by atoms with E-state index in [0.717, 1.165) is 6.08 Å². The number of hydrogen-bond donors (Lipinski definition) is 3. The van der Waals surface area contributed by atoms with Gasteiger partial charge in [-0.15, -0.1) is 0 Å². The van der Waals surface area contributed by atoms with E-state index in [4.69, 9.17) is 4.55 Å². The van der Waals surface area contributed by atoms with Gasteiger partial charge in [0.15, 0.2) is 0 Å². The number of amides is 1. The molecule has 0 aromatic rings. The minimum absolute atomic E-state index is 0.478. The Morgan fingerprint density at radius 2 is 2.07 bits per heavy atom. The number of carbonyl (C=O) groups is 1. The number of nitrogens with one attached hydrogen (secondary N) is 2. The molecular formula is C7H14N2O4S. The predicted octanol–water partition coefficient (Wildman–Crippen LogP) is -0.540. The molecule has 7 heteroatoms. The Balaban J connectivity index is 4.21. The fourth-order valence-corrected chi connectivity index (χ4v) is 1.76. The largest absolute Gasteiger partial charge is 0.287 e. The van der Waals surface area contributed by atoms with E-state index in [1.165, 1.54) is 13.8 Å². The summed E-state index contributed by atoms with van der Waals surface area (Å²) in [5.74, 6) is -0.981. The minimum atomic E-state index is -4.08. The first-order chi connectivity index (χ1) is 6.16. The monoisotopic (exact) mass is 222 g/mol. The van der Waals surface area contributed by atoms with Crippen LogP contribution in [0.1, 0.15) is 13.8 Å². The Hall–Kier alpha value is -0.920. The first kappa shape index (κ1) is 13.1. The fourth-order valence-electron chi connectivity index (χ4n) is 0.774. The van der Waals surface area contributed by atoms with Crippen molar-refractivity contribution in [1.29, 1.82) is 0 Å². The normalized spacial score (nSPS) is 12.2. The summed E-state index contributed by atoms with van der Waals surface area (Å²) in [6.07, 6.45) is 1.04. The molecule has 0 heterocycles. The van der Waals surface area contributed by atoms with Crippen molar-refractivity contribution in [3.63, 3.8) is 0 Å². The Morgan fingerprint density at radius 3 is 2.43 bits per heavy atom. The van der Waals surface area contributed by atoms with E-state index in [0.29, 0.717) is 0 Å². The van der Waals surface area contributed by atoms with E-state index in [2.05, 4.69) is 17.4 Å². The zero-order valence-corrected chi connectivity index (χ0v) is 8.89. The molecule has 0 bridgehead atoms. The molecule has 0 aromatic carbocycles. The van der Waals surface area contributed by atoms with Crippen molar-refractivity contribution in [2.45, 2.75) is 19.4 Å². The first-order valence-corrected chi connectivity index (χ1v) is 5.42. The molecule has 0 saturated carbocycles. The van der Waals surface area contributed by atoms with Gasteiger partial charge in [-0.1, -0.05) is 6.58 Å². The van der Waals surface area contributed by atoms with Gasteiger partial charge in [0.25, 0.3) is 16.0 Å². The average molecular weight is 222 g/mol. The Morgan fingerprint density at radius 1 is 1.57 bits per heavy atom. The number of hydrazine groups is 1. The Bertz CT molecular complexity index is 321. The van der Waals surface area contributed by atoms with Gasteiger partial charge in [-0.2, -0.15) is 8.42 Å². The molecule has 0 atom stereocenters. The molecule has 0 saturated heterocycles. The molecule has 0 radical (unpaired) electrons. The van der Waals surface area contributed by atoms with Gasteiger partial charge in [-0.25, -0.2) is 5.43 Å². The lowest BCUT2D eigenvalue weighted by molar-refractivity contribution is -0.117. The van der Waals surface area contributed by atoms with Crippen molar-refractivity contribution in [2.75, 3.05) is 5.75 Å². The second kappa shape index (κ2) is 4.54. The average Bonchev–Trinajstić information content (AvgIpc) is 1.96. The minimum Gasteiger partial charge on any atom is -0.287 e. The van der Waals surface area contributed by atoms with Crippen molar-refractivity contribution in [1.82, 2.24) is 10.9 Å². The Labute approximate surface area is 83.1 Å². The van der Waals surface area contributed by atoms with Crippen molar-refractivity contribution in [2.24, 2.45) is 0 Å². The van der Waals surface area contributed by atoms with Gasteiger partial charge in [0.1, 0.15) is 0 Å². The molecule has 14 heavy (non-hydrogen) atoms. The fraction of sp³-hybridized carbons (Fsp3) is 0.571. The standard InChI is InChI=1S/C7H14N2O4S/c1-4-6(10)8-9-7(2,3)5-14(11,12)13/h4,9H,1,5H2,2-3H3,(H,8,10)(H,11,12,13). The third-order valence-corrected chi connectivity index (χ3v) is 2.34. The molecule has 3 N–H and O–H groups in total. The molecule has 0 unspecified atom stereocenters. The van der Waals surface area contributed by atoms with Crippen molar-refractivity contribution in [3.05, 3.63) is 12.7 Å². The van der Waals surface area contributed by atoms with Crippen molar-refractivity contribution >= 4 is 16.0 Å². The third kappa shape index (κ3) is 6.58. The van der Waals surface area contributed by atoms with Gasteiger partial charge in [-0.3, -0.25) is 14.8 Å². The van der Waals surface area contributed by atoms with Gasteiger partial charge in [0.05, 0.1) is 5.75 Å². The van der Waals surface area contributed by atoms with Crippen LogP contribution in [0, 0.1) is 0 Å². The summed E-state index contributed by atoms with van der Waals surface area (Å²) >= 11 is 0. The highest BCUT2D eigenvalue weighted by molar-refractivity contribution is 7.85. The van der Waals surface area contributed by atoms with Gasteiger partial charge in [0.2, 0.25) is 0 Å². The summed E-state index contributed by atoms with van der Waals surface area (Å²) in [7, 11) is -4.08. The summed E-state index contributed by atoms with van der Waals surface area (Å²) in [5.41, 5.74) is 3.72. The van der Waals surface area contributed by atoms with Gasteiger partial charge >= 0.3 is 0 Å². The molecule has 82 valence electrons.